The Morgan fingerprint density at radius 2 is 2.00 bits per heavy atom. The van der Waals surface area contributed by atoms with E-state index >= 15 is 0 Å². The van der Waals surface area contributed by atoms with Gasteiger partial charge in [0.1, 0.15) is 12.5 Å². The van der Waals surface area contributed by atoms with Crippen LogP contribution in [-0.4, -0.2) is 20.8 Å². The Labute approximate surface area is 80.5 Å². The number of nitrogen functional groups attached to an aromatic ring is 1. The predicted octanol–water partition coefficient (Wildman–Crippen LogP) is 1.15. The highest BCUT2D eigenvalue weighted by molar-refractivity contribution is 7.91. The van der Waals surface area contributed by atoms with Gasteiger partial charge in [-0.2, -0.15) is 0 Å². The third kappa shape index (κ3) is 2.20. The number of hydrogen-bond donors (Lipinski definition) is 1. The van der Waals surface area contributed by atoms with E-state index in [-0.39, 0.29) is 10.6 Å². The molecule has 2 N–H and O–H groups in total. The van der Waals surface area contributed by atoms with Crippen LogP contribution >= 0.6 is 0 Å². The summed E-state index contributed by atoms with van der Waals surface area (Å²) in [4.78, 5) is -0.248. The molecule has 0 heterocycles. The second kappa shape index (κ2) is 3.91. The molecule has 78 valence electrons. The number of benzene rings is 1. The highest BCUT2D eigenvalue weighted by Gasteiger charge is 2.15. The Morgan fingerprint density at radius 3 is 2.50 bits per heavy atom. The molecule has 0 unspecified atom stereocenters. The van der Waals surface area contributed by atoms with Gasteiger partial charge in [0.2, 0.25) is 0 Å². The maximum absolute atomic E-state index is 12.9. The average molecular weight is 221 g/mol. The van der Waals surface area contributed by atoms with Gasteiger partial charge in [0.05, 0.1) is 16.3 Å². The SMILES string of the molecule is Nc1ccc(S(=O)(=O)CCF)cc1F. The number of alkyl halides is 1. The van der Waals surface area contributed by atoms with Crippen molar-refractivity contribution < 1.29 is 17.2 Å². The quantitative estimate of drug-likeness (QED) is 0.779. The third-order valence-electron chi connectivity index (χ3n) is 1.68. The molecule has 1 rings (SSSR count). The molecule has 0 saturated carbocycles. The molecule has 1 aromatic carbocycles. The Bertz CT molecular complexity index is 431. The maximum atomic E-state index is 12.9. The van der Waals surface area contributed by atoms with Crippen LogP contribution in [0.5, 0.6) is 0 Å². The van der Waals surface area contributed by atoms with Crippen LogP contribution in [0.25, 0.3) is 0 Å². The van der Waals surface area contributed by atoms with Crippen LogP contribution in [-0.2, 0) is 9.84 Å². The summed E-state index contributed by atoms with van der Waals surface area (Å²) in [6.45, 7) is -0.992. The molecule has 0 bridgehead atoms. The lowest BCUT2D eigenvalue weighted by Gasteiger charge is -2.02. The predicted molar refractivity (Wildman–Crippen MR) is 48.8 cm³/mol. The second-order valence-corrected chi connectivity index (χ2v) is 4.80. The van der Waals surface area contributed by atoms with Crippen molar-refractivity contribution in [3.05, 3.63) is 24.0 Å². The van der Waals surface area contributed by atoms with E-state index in [4.69, 9.17) is 5.73 Å². The minimum Gasteiger partial charge on any atom is -0.396 e. The fourth-order valence-corrected chi connectivity index (χ4v) is 1.92. The van der Waals surface area contributed by atoms with Crippen LogP contribution in [0.3, 0.4) is 0 Å². The Kier molecular flexibility index (Phi) is 3.05. The van der Waals surface area contributed by atoms with Crippen molar-refractivity contribution in [1.29, 1.82) is 0 Å². The van der Waals surface area contributed by atoms with Gasteiger partial charge in [-0.05, 0) is 18.2 Å². The van der Waals surface area contributed by atoms with Gasteiger partial charge in [-0.25, -0.2) is 17.2 Å². The molecule has 0 aliphatic carbocycles. The number of hydrogen-bond acceptors (Lipinski definition) is 3. The zero-order chi connectivity index (χ0) is 10.8. The lowest BCUT2D eigenvalue weighted by Crippen LogP contribution is -2.08. The number of anilines is 1. The van der Waals surface area contributed by atoms with E-state index in [2.05, 4.69) is 0 Å². The van der Waals surface area contributed by atoms with Gasteiger partial charge in [-0.15, -0.1) is 0 Å². The fourth-order valence-electron chi connectivity index (χ4n) is 0.921. The summed E-state index contributed by atoms with van der Waals surface area (Å²) < 4.78 is 47.2. The Morgan fingerprint density at radius 1 is 1.36 bits per heavy atom. The molecule has 0 aliphatic heterocycles. The second-order valence-electron chi connectivity index (χ2n) is 2.69. The van der Waals surface area contributed by atoms with Crippen molar-refractivity contribution in [3.8, 4) is 0 Å². The summed E-state index contributed by atoms with van der Waals surface area (Å²) in [5.74, 6) is -1.46. The molecule has 0 radical (unpaired) electrons. The molecule has 14 heavy (non-hydrogen) atoms. The first kappa shape index (κ1) is 10.9. The summed E-state index contributed by atoms with van der Waals surface area (Å²) in [7, 11) is -3.72. The zero-order valence-corrected chi connectivity index (χ0v) is 8.02. The fraction of sp³-hybridized carbons (Fsp3) is 0.250. The van der Waals surface area contributed by atoms with Crippen molar-refractivity contribution in [2.24, 2.45) is 0 Å². The van der Waals surface area contributed by atoms with Crippen molar-refractivity contribution in [2.75, 3.05) is 18.2 Å². The summed E-state index contributed by atoms with van der Waals surface area (Å²) in [5, 5.41) is 0. The van der Waals surface area contributed by atoms with Crippen molar-refractivity contribution in [3.63, 3.8) is 0 Å². The average Bonchev–Trinajstić information content (AvgIpc) is 2.09. The third-order valence-corrected chi connectivity index (χ3v) is 3.34. The first-order valence-electron chi connectivity index (χ1n) is 3.81. The zero-order valence-electron chi connectivity index (χ0n) is 7.20. The van der Waals surface area contributed by atoms with E-state index in [0.29, 0.717) is 0 Å². The normalized spacial score (nSPS) is 11.6. The Balaban J connectivity index is 3.15. The smallest absolute Gasteiger partial charge is 0.181 e. The molecule has 0 spiro atoms. The van der Waals surface area contributed by atoms with E-state index < -0.39 is 28.1 Å². The van der Waals surface area contributed by atoms with Gasteiger partial charge < -0.3 is 5.73 Å². The van der Waals surface area contributed by atoms with Crippen molar-refractivity contribution >= 4 is 15.5 Å². The van der Waals surface area contributed by atoms with E-state index in [9.17, 15) is 17.2 Å². The molecular formula is C8H9F2NO2S. The van der Waals surface area contributed by atoms with Crippen LogP contribution in [0.15, 0.2) is 23.1 Å². The molecule has 0 saturated heterocycles. The molecule has 3 nitrogen and oxygen atoms in total. The van der Waals surface area contributed by atoms with Crippen LogP contribution in [0.1, 0.15) is 0 Å². The summed E-state index contributed by atoms with van der Waals surface area (Å²) in [6.07, 6.45) is 0. The molecule has 0 aromatic heterocycles. The molecule has 6 heteroatoms. The van der Waals surface area contributed by atoms with Crippen LogP contribution in [0.2, 0.25) is 0 Å². The molecule has 0 aliphatic rings. The lowest BCUT2D eigenvalue weighted by atomic mass is 10.3. The highest BCUT2D eigenvalue weighted by atomic mass is 32.2. The monoisotopic (exact) mass is 221 g/mol. The number of nitrogens with two attached hydrogens (primary N) is 1. The van der Waals surface area contributed by atoms with Crippen LogP contribution in [0.4, 0.5) is 14.5 Å². The van der Waals surface area contributed by atoms with E-state index in [1.54, 1.807) is 0 Å². The lowest BCUT2D eigenvalue weighted by molar-refractivity contribution is 0.517. The first-order chi connectivity index (χ1) is 6.47. The standard InChI is InChI=1S/C8H9F2NO2S/c9-3-4-14(12,13)6-1-2-8(11)7(10)5-6/h1-2,5H,3-4,11H2. The number of halogens is 2. The van der Waals surface area contributed by atoms with Gasteiger partial charge >= 0.3 is 0 Å². The van der Waals surface area contributed by atoms with Gasteiger partial charge in [-0.3, -0.25) is 0 Å². The summed E-state index contributed by atoms with van der Waals surface area (Å²) in [5.41, 5.74) is 5.03. The van der Waals surface area contributed by atoms with Gasteiger partial charge in [0.25, 0.3) is 0 Å². The minimum absolute atomic E-state index is 0.135. The van der Waals surface area contributed by atoms with E-state index in [1.807, 2.05) is 0 Å². The molecule has 0 amide bonds. The van der Waals surface area contributed by atoms with Crippen molar-refractivity contribution in [2.45, 2.75) is 4.90 Å². The Hall–Kier alpha value is -1.17. The number of rotatable bonds is 3. The van der Waals surface area contributed by atoms with Crippen LogP contribution < -0.4 is 5.73 Å². The topological polar surface area (TPSA) is 60.2 Å². The van der Waals surface area contributed by atoms with E-state index in [1.165, 1.54) is 0 Å². The first-order valence-corrected chi connectivity index (χ1v) is 5.46. The number of sulfone groups is 1. The maximum Gasteiger partial charge on any atom is 0.181 e. The largest absolute Gasteiger partial charge is 0.396 e. The molecular weight excluding hydrogens is 212 g/mol. The summed E-state index contributed by atoms with van der Waals surface area (Å²) in [6, 6.07) is 3.09. The van der Waals surface area contributed by atoms with Gasteiger partial charge in [0, 0.05) is 0 Å². The summed E-state index contributed by atoms with van der Waals surface area (Å²) >= 11 is 0. The van der Waals surface area contributed by atoms with Crippen LogP contribution in [0, 0.1) is 5.82 Å². The minimum atomic E-state index is -3.72. The van der Waals surface area contributed by atoms with Gasteiger partial charge in [-0.1, -0.05) is 0 Å². The molecule has 0 fully saturated rings. The van der Waals surface area contributed by atoms with E-state index in [0.717, 1.165) is 18.2 Å². The molecule has 0 atom stereocenters. The molecule has 1 aromatic rings. The van der Waals surface area contributed by atoms with Crippen molar-refractivity contribution in [1.82, 2.24) is 0 Å². The van der Waals surface area contributed by atoms with Gasteiger partial charge in [0.15, 0.2) is 9.84 Å². The highest BCUT2D eigenvalue weighted by Crippen LogP contribution is 2.17.